The van der Waals surface area contributed by atoms with Crippen molar-refractivity contribution in [3.05, 3.63) is 69.7 Å². The molecule has 1 amide bonds. The minimum absolute atomic E-state index is 0.0809. The van der Waals surface area contributed by atoms with Gasteiger partial charge in [-0.05, 0) is 36.4 Å². The van der Waals surface area contributed by atoms with Gasteiger partial charge in [-0.15, -0.1) is 0 Å². The van der Waals surface area contributed by atoms with Gasteiger partial charge in [0.25, 0.3) is 5.56 Å². The first-order valence-electron chi connectivity index (χ1n) is 7.62. The van der Waals surface area contributed by atoms with E-state index in [1.807, 2.05) is 13.0 Å². The molecule has 1 heterocycles. The number of fused-ring (bicyclic) bond motifs is 1. The van der Waals surface area contributed by atoms with E-state index in [1.165, 1.54) is 4.57 Å². The Hall–Kier alpha value is -2.66. The molecule has 1 aromatic heterocycles. The van der Waals surface area contributed by atoms with Gasteiger partial charge >= 0.3 is 0 Å². The summed E-state index contributed by atoms with van der Waals surface area (Å²) < 4.78 is 1.42. The van der Waals surface area contributed by atoms with Crippen LogP contribution in [-0.4, -0.2) is 15.5 Å². The highest BCUT2D eigenvalue weighted by molar-refractivity contribution is 6.30. The highest BCUT2D eigenvalue weighted by Gasteiger charge is 2.13. The molecule has 0 fully saturated rings. The first-order chi connectivity index (χ1) is 11.6. The Morgan fingerprint density at radius 1 is 1.17 bits per heavy atom. The van der Waals surface area contributed by atoms with E-state index in [4.69, 9.17) is 11.6 Å². The Labute approximate surface area is 143 Å². The molecule has 0 radical (unpaired) electrons. The van der Waals surface area contributed by atoms with E-state index in [-0.39, 0.29) is 18.0 Å². The van der Waals surface area contributed by atoms with Crippen molar-refractivity contribution in [2.24, 2.45) is 0 Å². The van der Waals surface area contributed by atoms with Gasteiger partial charge in [-0.2, -0.15) is 0 Å². The Kier molecular flexibility index (Phi) is 4.62. The first kappa shape index (κ1) is 16.2. The molecule has 1 N–H and O–H groups in total. The molecule has 122 valence electrons. The van der Waals surface area contributed by atoms with Crippen molar-refractivity contribution in [3.8, 4) is 0 Å². The van der Waals surface area contributed by atoms with Crippen LogP contribution < -0.4 is 10.9 Å². The molecule has 24 heavy (non-hydrogen) atoms. The lowest BCUT2D eigenvalue weighted by atomic mass is 10.2. The van der Waals surface area contributed by atoms with Crippen LogP contribution in [0.15, 0.2) is 53.3 Å². The largest absolute Gasteiger partial charge is 0.325 e. The zero-order valence-electron chi connectivity index (χ0n) is 13.1. The van der Waals surface area contributed by atoms with Gasteiger partial charge in [0.05, 0.1) is 10.9 Å². The SMILES string of the molecule is CCc1nc2ccccc2c(=O)n1CC(=O)Nc1ccc(Cl)cc1. The number of halogens is 1. The second-order valence-corrected chi connectivity index (χ2v) is 5.78. The van der Waals surface area contributed by atoms with Crippen molar-refractivity contribution >= 4 is 34.1 Å². The molecule has 0 aliphatic heterocycles. The number of hydrogen-bond donors (Lipinski definition) is 1. The molecular weight excluding hydrogens is 326 g/mol. The third-order valence-corrected chi connectivity index (χ3v) is 3.94. The Morgan fingerprint density at radius 2 is 1.88 bits per heavy atom. The number of para-hydroxylation sites is 1. The average molecular weight is 342 g/mol. The first-order valence-corrected chi connectivity index (χ1v) is 8.00. The van der Waals surface area contributed by atoms with E-state index in [1.54, 1.807) is 42.5 Å². The predicted octanol–water partition coefficient (Wildman–Crippen LogP) is 3.25. The van der Waals surface area contributed by atoms with Gasteiger partial charge in [-0.3, -0.25) is 14.2 Å². The highest BCUT2D eigenvalue weighted by Crippen LogP contribution is 2.14. The summed E-state index contributed by atoms with van der Waals surface area (Å²) >= 11 is 5.83. The third-order valence-electron chi connectivity index (χ3n) is 3.69. The number of anilines is 1. The standard InChI is InChI=1S/C18H16ClN3O2/c1-2-16-21-15-6-4-3-5-14(15)18(24)22(16)11-17(23)20-13-9-7-12(19)8-10-13/h3-10H,2,11H2,1H3,(H,20,23). The molecule has 0 unspecified atom stereocenters. The number of carbonyl (C=O) groups excluding carboxylic acids is 1. The van der Waals surface area contributed by atoms with Crippen molar-refractivity contribution in [3.63, 3.8) is 0 Å². The van der Waals surface area contributed by atoms with E-state index >= 15 is 0 Å². The van der Waals surface area contributed by atoms with Crippen LogP contribution in [-0.2, 0) is 17.8 Å². The van der Waals surface area contributed by atoms with Gasteiger partial charge in [-0.1, -0.05) is 30.7 Å². The lowest BCUT2D eigenvalue weighted by Crippen LogP contribution is -2.31. The maximum atomic E-state index is 12.7. The maximum absolute atomic E-state index is 12.7. The minimum atomic E-state index is -0.286. The molecule has 3 rings (SSSR count). The van der Waals surface area contributed by atoms with E-state index in [0.717, 1.165) is 0 Å². The van der Waals surface area contributed by atoms with Crippen molar-refractivity contribution in [1.29, 1.82) is 0 Å². The van der Waals surface area contributed by atoms with E-state index in [9.17, 15) is 9.59 Å². The van der Waals surface area contributed by atoms with Gasteiger partial charge in [0.1, 0.15) is 12.4 Å². The lowest BCUT2D eigenvalue weighted by Gasteiger charge is -2.12. The van der Waals surface area contributed by atoms with Crippen molar-refractivity contribution in [2.75, 3.05) is 5.32 Å². The Balaban J connectivity index is 1.91. The second kappa shape index (κ2) is 6.84. The fourth-order valence-corrected chi connectivity index (χ4v) is 2.65. The number of amides is 1. The van der Waals surface area contributed by atoms with Gasteiger partial charge in [0, 0.05) is 17.1 Å². The van der Waals surface area contributed by atoms with Crippen LogP contribution in [0.3, 0.4) is 0 Å². The van der Waals surface area contributed by atoms with Gasteiger partial charge in [0.2, 0.25) is 5.91 Å². The number of carbonyl (C=O) groups is 1. The molecule has 0 aliphatic carbocycles. The number of benzene rings is 2. The Bertz CT molecular complexity index is 949. The number of nitrogens with one attached hydrogen (secondary N) is 1. The molecule has 0 spiro atoms. The summed E-state index contributed by atoms with van der Waals surface area (Å²) in [7, 11) is 0. The van der Waals surface area contributed by atoms with Crippen molar-refractivity contribution < 1.29 is 4.79 Å². The van der Waals surface area contributed by atoms with Crippen molar-refractivity contribution in [2.45, 2.75) is 19.9 Å². The average Bonchev–Trinajstić information content (AvgIpc) is 2.59. The fourth-order valence-electron chi connectivity index (χ4n) is 2.52. The molecule has 3 aromatic rings. The lowest BCUT2D eigenvalue weighted by molar-refractivity contribution is -0.116. The quantitative estimate of drug-likeness (QED) is 0.792. The molecule has 0 atom stereocenters. The van der Waals surface area contributed by atoms with Crippen molar-refractivity contribution in [1.82, 2.24) is 9.55 Å². The summed E-state index contributed by atoms with van der Waals surface area (Å²) in [5, 5.41) is 3.86. The van der Waals surface area contributed by atoms with Crippen LogP contribution in [0.4, 0.5) is 5.69 Å². The number of aryl methyl sites for hydroxylation is 1. The molecule has 6 heteroatoms. The monoisotopic (exact) mass is 341 g/mol. The molecular formula is C18H16ClN3O2. The normalized spacial score (nSPS) is 10.8. The second-order valence-electron chi connectivity index (χ2n) is 5.35. The fraction of sp³-hybridized carbons (Fsp3) is 0.167. The molecule has 2 aromatic carbocycles. The molecule has 0 saturated carbocycles. The number of nitrogens with zero attached hydrogens (tertiary/aromatic N) is 2. The van der Waals surface area contributed by atoms with E-state index < -0.39 is 0 Å². The minimum Gasteiger partial charge on any atom is -0.325 e. The summed E-state index contributed by atoms with van der Waals surface area (Å²) in [5.41, 5.74) is 1.07. The highest BCUT2D eigenvalue weighted by atomic mass is 35.5. The van der Waals surface area contributed by atoms with E-state index in [0.29, 0.717) is 33.9 Å². The zero-order valence-corrected chi connectivity index (χ0v) is 13.9. The molecule has 0 bridgehead atoms. The Morgan fingerprint density at radius 3 is 2.58 bits per heavy atom. The zero-order chi connectivity index (χ0) is 17.1. The van der Waals surface area contributed by atoms with Crippen LogP contribution in [0, 0.1) is 0 Å². The smallest absolute Gasteiger partial charge is 0.261 e. The van der Waals surface area contributed by atoms with Crippen LogP contribution in [0.2, 0.25) is 5.02 Å². The van der Waals surface area contributed by atoms with Crippen LogP contribution in [0.1, 0.15) is 12.7 Å². The summed E-state index contributed by atoms with van der Waals surface area (Å²) in [6, 6.07) is 14.0. The van der Waals surface area contributed by atoms with Gasteiger partial charge in [-0.25, -0.2) is 4.98 Å². The summed E-state index contributed by atoms with van der Waals surface area (Å²) in [6.45, 7) is 1.83. The maximum Gasteiger partial charge on any atom is 0.261 e. The molecule has 0 saturated heterocycles. The number of hydrogen-bond acceptors (Lipinski definition) is 3. The van der Waals surface area contributed by atoms with Gasteiger partial charge in [0.15, 0.2) is 0 Å². The van der Waals surface area contributed by atoms with E-state index in [2.05, 4.69) is 10.3 Å². The van der Waals surface area contributed by atoms with Crippen LogP contribution in [0.25, 0.3) is 10.9 Å². The van der Waals surface area contributed by atoms with Crippen LogP contribution in [0.5, 0.6) is 0 Å². The topological polar surface area (TPSA) is 64.0 Å². The van der Waals surface area contributed by atoms with Gasteiger partial charge < -0.3 is 5.32 Å². The predicted molar refractivity (Wildman–Crippen MR) is 95.5 cm³/mol. The number of aromatic nitrogens is 2. The summed E-state index contributed by atoms with van der Waals surface area (Å²) in [6.07, 6.45) is 0.564. The summed E-state index contributed by atoms with van der Waals surface area (Å²) in [4.78, 5) is 29.4. The van der Waals surface area contributed by atoms with Crippen LogP contribution >= 0.6 is 11.6 Å². The molecule has 0 aliphatic rings. The summed E-state index contributed by atoms with van der Waals surface area (Å²) in [5.74, 6) is 0.302. The molecule has 5 nitrogen and oxygen atoms in total. The third kappa shape index (κ3) is 3.31. The number of rotatable bonds is 4.